The SMILES string of the molecule is CCOc1ccc(NC(=O)C(C)N(C)CCC(=O)O)cc1. The lowest BCUT2D eigenvalue weighted by molar-refractivity contribution is -0.137. The molecule has 0 aliphatic carbocycles. The zero-order chi connectivity index (χ0) is 15.8. The predicted molar refractivity (Wildman–Crippen MR) is 80.6 cm³/mol. The molecule has 6 nitrogen and oxygen atoms in total. The summed E-state index contributed by atoms with van der Waals surface area (Å²) in [6, 6.07) is 6.71. The smallest absolute Gasteiger partial charge is 0.304 e. The molecule has 1 atom stereocenters. The summed E-state index contributed by atoms with van der Waals surface area (Å²) in [7, 11) is 1.73. The van der Waals surface area contributed by atoms with Gasteiger partial charge in [0.2, 0.25) is 5.91 Å². The number of rotatable bonds is 8. The highest BCUT2D eigenvalue weighted by molar-refractivity contribution is 5.94. The van der Waals surface area contributed by atoms with E-state index in [2.05, 4.69) is 5.32 Å². The average Bonchev–Trinajstić information content (AvgIpc) is 2.46. The minimum Gasteiger partial charge on any atom is -0.494 e. The molecular weight excluding hydrogens is 272 g/mol. The Bertz CT molecular complexity index is 473. The minimum atomic E-state index is -0.874. The summed E-state index contributed by atoms with van der Waals surface area (Å²) in [5, 5.41) is 11.4. The summed E-state index contributed by atoms with van der Waals surface area (Å²) in [6.45, 7) is 4.57. The highest BCUT2D eigenvalue weighted by Gasteiger charge is 2.18. The number of aliphatic carboxylic acids is 1. The summed E-state index contributed by atoms with van der Waals surface area (Å²) < 4.78 is 5.33. The van der Waals surface area contributed by atoms with Crippen molar-refractivity contribution < 1.29 is 19.4 Å². The number of likely N-dealkylation sites (N-methyl/N-ethyl adjacent to an activating group) is 1. The van der Waals surface area contributed by atoms with Gasteiger partial charge in [0.1, 0.15) is 5.75 Å². The van der Waals surface area contributed by atoms with Gasteiger partial charge >= 0.3 is 5.97 Å². The van der Waals surface area contributed by atoms with Crippen molar-refractivity contribution in [2.45, 2.75) is 26.3 Å². The molecule has 6 heteroatoms. The molecule has 0 radical (unpaired) electrons. The molecule has 116 valence electrons. The van der Waals surface area contributed by atoms with Crippen molar-refractivity contribution >= 4 is 17.6 Å². The molecule has 0 aromatic heterocycles. The van der Waals surface area contributed by atoms with Crippen molar-refractivity contribution in [2.75, 3.05) is 25.5 Å². The van der Waals surface area contributed by atoms with Crippen LogP contribution >= 0.6 is 0 Å². The van der Waals surface area contributed by atoms with Crippen LogP contribution in [0.1, 0.15) is 20.3 Å². The van der Waals surface area contributed by atoms with E-state index < -0.39 is 12.0 Å². The Hall–Kier alpha value is -2.08. The van der Waals surface area contributed by atoms with Crippen molar-refractivity contribution in [3.8, 4) is 5.75 Å². The standard InChI is InChI=1S/C15H22N2O4/c1-4-21-13-7-5-12(6-8-13)16-15(20)11(2)17(3)10-9-14(18)19/h5-8,11H,4,9-10H2,1-3H3,(H,16,20)(H,18,19). The molecular formula is C15H22N2O4. The maximum atomic E-state index is 12.1. The number of benzene rings is 1. The Morgan fingerprint density at radius 1 is 1.33 bits per heavy atom. The fourth-order valence-electron chi connectivity index (χ4n) is 1.71. The van der Waals surface area contributed by atoms with Crippen LogP contribution in [0.25, 0.3) is 0 Å². The van der Waals surface area contributed by atoms with E-state index in [0.717, 1.165) is 5.75 Å². The van der Waals surface area contributed by atoms with Gasteiger partial charge in [-0.25, -0.2) is 0 Å². The van der Waals surface area contributed by atoms with Crippen LogP contribution in [0.4, 0.5) is 5.69 Å². The van der Waals surface area contributed by atoms with Crippen molar-refractivity contribution in [3.63, 3.8) is 0 Å². The van der Waals surface area contributed by atoms with Gasteiger partial charge in [-0.15, -0.1) is 0 Å². The van der Waals surface area contributed by atoms with E-state index in [1.165, 1.54) is 0 Å². The van der Waals surface area contributed by atoms with E-state index in [9.17, 15) is 9.59 Å². The molecule has 1 amide bonds. The van der Waals surface area contributed by atoms with Crippen molar-refractivity contribution in [1.29, 1.82) is 0 Å². The molecule has 0 saturated carbocycles. The number of nitrogens with one attached hydrogen (secondary N) is 1. The van der Waals surface area contributed by atoms with Crippen LogP contribution in [0.15, 0.2) is 24.3 Å². The van der Waals surface area contributed by atoms with Crippen LogP contribution in [0, 0.1) is 0 Å². The molecule has 1 aromatic rings. The first-order valence-electron chi connectivity index (χ1n) is 6.89. The normalized spacial score (nSPS) is 12.0. The summed E-state index contributed by atoms with van der Waals surface area (Å²) in [4.78, 5) is 24.3. The highest BCUT2D eigenvalue weighted by Crippen LogP contribution is 2.16. The Kier molecular flexibility index (Phi) is 6.68. The van der Waals surface area contributed by atoms with Crippen molar-refractivity contribution in [3.05, 3.63) is 24.3 Å². The first-order valence-corrected chi connectivity index (χ1v) is 6.89. The third kappa shape index (κ3) is 5.83. The van der Waals surface area contributed by atoms with E-state index >= 15 is 0 Å². The number of ether oxygens (including phenoxy) is 1. The number of carbonyl (C=O) groups excluding carboxylic acids is 1. The van der Waals surface area contributed by atoms with Crippen LogP contribution in [-0.2, 0) is 9.59 Å². The third-order valence-corrected chi connectivity index (χ3v) is 3.15. The molecule has 0 spiro atoms. The number of nitrogens with zero attached hydrogens (tertiary/aromatic N) is 1. The maximum Gasteiger partial charge on any atom is 0.304 e. The summed E-state index contributed by atoms with van der Waals surface area (Å²) in [5.41, 5.74) is 0.682. The van der Waals surface area contributed by atoms with Crippen LogP contribution < -0.4 is 10.1 Å². The molecule has 2 N–H and O–H groups in total. The minimum absolute atomic E-state index is 0.0111. The molecule has 21 heavy (non-hydrogen) atoms. The number of amides is 1. The van der Waals surface area contributed by atoms with Gasteiger partial charge < -0.3 is 15.2 Å². The first-order chi connectivity index (χ1) is 9.93. The van der Waals surface area contributed by atoms with Crippen molar-refractivity contribution in [2.24, 2.45) is 0 Å². The van der Waals surface area contributed by atoms with Crippen LogP contribution in [-0.4, -0.2) is 48.1 Å². The number of carboxylic acids is 1. The van der Waals surface area contributed by atoms with Gasteiger partial charge in [-0.2, -0.15) is 0 Å². The van der Waals surface area contributed by atoms with Gasteiger partial charge in [-0.1, -0.05) is 0 Å². The van der Waals surface area contributed by atoms with E-state index in [4.69, 9.17) is 9.84 Å². The largest absolute Gasteiger partial charge is 0.494 e. The van der Waals surface area contributed by atoms with Crippen LogP contribution in [0.5, 0.6) is 5.75 Å². The second-order valence-corrected chi connectivity index (χ2v) is 4.75. The quantitative estimate of drug-likeness (QED) is 0.764. The van der Waals surface area contributed by atoms with Gasteiger partial charge in [0.05, 0.1) is 19.1 Å². The lowest BCUT2D eigenvalue weighted by Gasteiger charge is -2.23. The summed E-state index contributed by atoms with van der Waals surface area (Å²) >= 11 is 0. The van der Waals surface area contributed by atoms with Gasteiger partial charge in [0, 0.05) is 12.2 Å². The first kappa shape index (κ1) is 17.0. The summed E-state index contributed by atoms with van der Waals surface area (Å²) in [6.07, 6.45) is 0.0111. The maximum absolute atomic E-state index is 12.1. The number of carboxylic acid groups (broad SMARTS) is 1. The zero-order valence-corrected chi connectivity index (χ0v) is 12.6. The third-order valence-electron chi connectivity index (χ3n) is 3.15. The van der Waals surface area contributed by atoms with Crippen LogP contribution in [0.2, 0.25) is 0 Å². The van der Waals surface area contributed by atoms with Crippen molar-refractivity contribution in [1.82, 2.24) is 4.90 Å². The van der Waals surface area contributed by atoms with Gasteiger partial charge in [-0.3, -0.25) is 14.5 Å². The molecule has 0 saturated heterocycles. The predicted octanol–water partition coefficient (Wildman–Crippen LogP) is 1.82. The Morgan fingerprint density at radius 3 is 2.48 bits per heavy atom. The lowest BCUT2D eigenvalue weighted by Crippen LogP contribution is -2.40. The molecule has 1 aromatic carbocycles. The topological polar surface area (TPSA) is 78.9 Å². The van der Waals surface area contributed by atoms with E-state index in [1.807, 2.05) is 6.92 Å². The van der Waals surface area contributed by atoms with Gasteiger partial charge in [0.15, 0.2) is 0 Å². The number of carbonyl (C=O) groups is 2. The Labute approximate surface area is 124 Å². The molecule has 0 heterocycles. The molecule has 0 aliphatic heterocycles. The zero-order valence-electron chi connectivity index (χ0n) is 12.6. The highest BCUT2D eigenvalue weighted by atomic mass is 16.5. The van der Waals surface area contributed by atoms with Gasteiger partial charge in [-0.05, 0) is 45.2 Å². The van der Waals surface area contributed by atoms with Crippen LogP contribution in [0.3, 0.4) is 0 Å². The van der Waals surface area contributed by atoms with E-state index in [-0.39, 0.29) is 12.3 Å². The number of hydrogen-bond acceptors (Lipinski definition) is 4. The second-order valence-electron chi connectivity index (χ2n) is 4.75. The fraction of sp³-hybridized carbons (Fsp3) is 0.467. The summed E-state index contributed by atoms with van der Waals surface area (Å²) in [5.74, 6) is -0.296. The average molecular weight is 294 g/mol. The number of hydrogen-bond donors (Lipinski definition) is 2. The monoisotopic (exact) mass is 294 g/mol. The molecule has 1 unspecified atom stereocenters. The number of anilines is 1. The molecule has 0 fully saturated rings. The van der Waals surface area contributed by atoms with E-state index in [1.54, 1.807) is 43.1 Å². The fourth-order valence-corrected chi connectivity index (χ4v) is 1.71. The second kappa shape index (κ2) is 8.26. The Balaban J connectivity index is 2.52. The van der Waals surface area contributed by atoms with Gasteiger partial charge in [0.25, 0.3) is 0 Å². The molecule has 0 bridgehead atoms. The molecule has 0 aliphatic rings. The lowest BCUT2D eigenvalue weighted by atomic mass is 10.2. The molecule has 1 rings (SSSR count). The van der Waals surface area contributed by atoms with E-state index in [0.29, 0.717) is 18.8 Å². The Morgan fingerprint density at radius 2 is 1.95 bits per heavy atom.